The number of amides is 1. The third-order valence-corrected chi connectivity index (χ3v) is 4.78. The fraction of sp³-hybridized carbons (Fsp3) is 0.130. The SMILES string of the molecule is COc1ccc2[nH]c(=O)c(CN(C(=O)c3ccco3)c3ccc(C)cc3)cc2c1. The van der Waals surface area contributed by atoms with Crippen LogP contribution in [-0.2, 0) is 6.54 Å². The Balaban J connectivity index is 1.77. The van der Waals surface area contributed by atoms with Gasteiger partial charge in [-0.05, 0) is 55.5 Å². The normalized spacial score (nSPS) is 10.8. The summed E-state index contributed by atoms with van der Waals surface area (Å²) in [6.45, 7) is 2.08. The second kappa shape index (κ2) is 7.67. The van der Waals surface area contributed by atoms with E-state index in [1.807, 2.05) is 37.3 Å². The van der Waals surface area contributed by atoms with Gasteiger partial charge in [0, 0.05) is 22.2 Å². The van der Waals surface area contributed by atoms with Crippen molar-refractivity contribution in [1.82, 2.24) is 4.98 Å². The molecule has 2 heterocycles. The molecule has 2 aromatic carbocycles. The first-order chi connectivity index (χ1) is 14.0. The summed E-state index contributed by atoms with van der Waals surface area (Å²) in [5.74, 6) is 0.589. The first kappa shape index (κ1) is 18.6. The van der Waals surface area contributed by atoms with Gasteiger partial charge in [-0.1, -0.05) is 17.7 Å². The molecular weight excluding hydrogens is 368 g/mol. The fourth-order valence-electron chi connectivity index (χ4n) is 3.18. The highest BCUT2D eigenvalue weighted by atomic mass is 16.5. The van der Waals surface area contributed by atoms with E-state index in [1.54, 1.807) is 37.4 Å². The third-order valence-electron chi connectivity index (χ3n) is 4.78. The standard InChI is InChI=1S/C23H20N2O4/c1-15-5-7-18(8-6-15)25(23(27)21-4-3-11-29-21)14-17-12-16-13-19(28-2)9-10-20(16)24-22(17)26/h3-13H,14H2,1-2H3,(H,24,26). The summed E-state index contributed by atoms with van der Waals surface area (Å²) in [6.07, 6.45) is 1.45. The van der Waals surface area contributed by atoms with Gasteiger partial charge in [-0.25, -0.2) is 0 Å². The molecule has 6 nitrogen and oxygen atoms in total. The van der Waals surface area contributed by atoms with Crippen molar-refractivity contribution in [2.24, 2.45) is 0 Å². The van der Waals surface area contributed by atoms with Crippen LogP contribution in [0.4, 0.5) is 5.69 Å². The molecule has 0 bridgehead atoms. The molecule has 2 aromatic heterocycles. The highest BCUT2D eigenvalue weighted by Crippen LogP contribution is 2.23. The Hall–Kier alpha value is -3.80. The summed E-state index contributed by atoms with van der Waals surface area (Å²) in [4.78, 5) is 30.2. The van der Waals surface area contributed by atoms with E-state index in [9.17, 15) is 9.59 Å². The summed E-state index contributed by atoms with van der Waals surface area (Å²) in [5.41, 5.74) is 2.69. The molecule has 0 radical (unpaired) electrons. The Morgan fingerprint density at radius 2 is 1.90 bits per heavy atom. The van der Waals surface area contributed by atoms with Crippen molar-refractivity contribution in [3.05, 3.63) is 94.2 Å². The molecule has 146 valence electrons. The summed E-state index contributed by atoms with van der Waals surface area (Å²) in [7, 11) is 1.59. The molecule has 0 atom stereocenters. The van der Waals surface area contributed by atoms with Gasteiger partial charge in [0.15, 0.2) is 5.76 Å². The van der Waals surface area contributed by atoms with Crippen LogP contribution in [0.1, 0.15) is 21.7 Å². The van der Waals surface area contributed by atoms with Crippen molar-refractivity contribution in [2.75, 3.05) is 12.0 Å². The number of aromatic nitrogens is 1. The number of nitrogens with zero attached hydrogens (tertiary/aromatic N) is 1. The van der Waals surface area contributed by atoms with Gasteiger partial charge >= 0.3 is 0 Å². The maximum absolute atomic E-state index is 13.1. The van der Waals surface area contributed by atoms with Gasteiger partial charge in [0.2, 0.25) is 0 Å². The van der Waals surface area contributed by atoms with Gasteiger partial charge in [-0.15, -0.1) is 0 Å². The second-order valence-corrected chi connectivity index (χ2v) is 6.78. The van der Waals surface area contributed by atoms with Crippen LogP contribution in [-0.4, -0.2) is 18.0 Å². The van der Waals surface area contributed by atoms with Crippen molar-refractivity contribution < 1.29 is 13.9 Å². The molecule has 0 spiro atoms. The molecule has 0 aliphatic rings. The molecule has 0 fully saturated rings. The zero-order valence-electron chi connectivity index (χ0n) is 16.1. The number of fused-ring (bicyclic) bond motifs is 1. The number of aryl methyl sites for hydroxylation is 1. The molecule has 1 amide bonds. The Morgan fingerprint density at radius 1 is 1.10 bits per heavy atom. The van der Waals surface area contributed by atoms with Crippen molar-refractivity contribution in [3.63, 3.8) is 0 Å². The number of benzene rings is 2. The minimum Gasteiger partial charge on any atom is -0.497 e. The van der Waals surface area contributed by atoms with E-state index in [2.05, 4.69) is 4.98 Å². The Morgan fingerprint density at radius 3 is 2.59 bits per heavy atom. The molecule has 4 rings (SSSR count). The van der Waals surface area contributed by atoms with Gasteiger partial charge in [-0.3, -0.25) is 9.59 Å². The highest BCUT2D eigenvalue weighted by molar-refractivity contribution is 6.04. The van der Waals surface area contributed by atoms with Crippen LogP contribution < -0.4 is 15.2 Å². The molecule has 0 saturated carbocycles. The van der Waals surface area contributed by atoms with Crippen LogP contribution in [0.5, 0.6) is 5.75 Å². The number of furan rings is 1. The number of ether oxygens (including phenoxy) is 1. The van der Waals surface area contributed by atoms with Gasteiger partial charge in [0.05, 0.1) is 19.9 Å². The Labute approximate surface area is 167 Å². The van der Waals surface area contributed by atoms with Crippen molar-refractivity contribution >= 4 is 22.5 Å². The first-order valence-electron chi connectivity index (χ1n) is 9.17. The molecule has 0 unspecified atom stereocenters. The number of methoxy groups -OCH3 is 1. The number of rotatable bonds is 5. The molecule has 1 N–H and O–H groups in total. The largest absolute Gasteiger partial charge is 0.497 e. The molecule has 4 aromatic rings. The predicted octanol–water partition coefficient (Wildman–Crippen LogP) is 4.29. The quantitative estimate of drug-likeness (QED) is 0.554. The maximum atomic E-state index is 13.1. The molecule has 6 heteroatoms. The van der Waals surface area contributed by atoms with Crippen molar-refractivity contribution in [2.45, 2.75) is 13.5 Å². The van der Waals surface area contributed by atoms with Gasteiger partial charge < -0.3 is 19.0 Å². The lowest BCUT2D eigenvalue weighted by Crippen LogP contribution is -2.32. The Bertz CT molecular complexity index is 1210. The number of carbonyl (C=O) groups excluding carboxylic acids is 1. The van der Waals surface area contributed by atoms with E-state index in [0.717, 1.165) is 10.9 Å². The van der Waals surface area contributed by atoms with Crippen LogP contribution in [0, 0.1) is 6.92 Å². The lowest BCUT2D eigenvalue weighted by atomic mass is 10.1. The van der Waals surface area contributed by atoms with E-state index in [4.69, 9.17) is 9.15 Å². The van der Waals surface area contributed by atoms with Gasteiger partial charge in [-0.2, -0.15) is 0 Å². The fourth-order valence-corrected chi connectivity index (χ4v) is 3.18. The average Bonchev–Trinajstić information content (AvgIpc) is 3.27. The maximum Gasteiger partial charge on any atom is 0.294 e. The zero-order chi connectivity index (χ0) is 20.4. The van der Waals surface area contributed by atoms with Crippen LogP contribution in [0.15, 0.2) is 76.1 Å². The summed E-state index contributed by atoms with van der Waals surface area (Å²) < 4.78 is 10.6. The number of H-pyrrole nitrogens is 1. The molecular formula is C23H20N2O4. The topological polar surface area (TPSA) is 75.5 Å². The average molecular weight is 388 g/mol. The number of aromatic amines is 1. The molecule has 0 aliphatic heterocycles. The molecule has 0 saturated heterocycles. The zero-order valence-corrected chi connectivity index (χ0v) is 16.1. The van der Waals surface area contributed by atoms with Crippen LogP contribution in [0.3, 0.4) is 0 Å². The summed E-state index contributed by atoms with van der Waals surface area (Å²) in [5, 5.41) is 0.827. The minimum atomic E-state index is -0.316. The number of anilines is 1. The number of carbonyl (C=O) groups is 1. The molecule has 0 aliphatic carbocycles. The van der Waals surface area contributed by atoms with Crippen LogP contribution in [0.2, 0.25) is 0 Å². The first-order valence-corrected chi connectivity index (χ1v) is 9.17. The van der Waals surface area contributed by atoms with E-state index in [-0.39, 0.29) is 23.8 Å². The van der Waals surface area contributed by atoms with Crippen molar-refractivity contribution in [1.29, 1.82) is 0 Å². The van der Waals surface area contributed by atoms with Gasteiger partial charge in [0.1, 0.15) is 5.75 Å². The van der Waals surface area contributed by atoms with E-state index < -0.39 is 0 Å². The summed E-state index contributed by atoms with van der Waals surface area (Å²) >= 11 is 0. The van der Waals surface area contributed by atoms with Crippen molar-refractivity contribution in [3.8, 4) is 5.75 Å². The van der Waals surface area contributed by atoms with Gasteiger partial charge in [0.25, 0.3) is 11.5 Å². The number of hydrogen-bond donors (Lipinski definition) is 1. The second-order valence-electron chi connectivity index (χ2n) is 6.78. The number of hydrogen-bond acceptors (Lipinski definition) is 4. The lowest BCUT2D eigenvalue weighted by molar-refractivity contribution is 0.0958. The van der Waals surface area contributed by atoms with Crippen LogP contribution in [0.25, 0.3) is 10.9 Å². The predicted molar refractivity (Wildman–Crippen MR) is 112 cm³/mol. The van der Waals surface area contributed by atoms with E-state index >= 15 is 0 Å². The minimum absolute atomic E-state index is 0.102. The van der Waals surface area contributed by atoms with Crippen LogP contribution >= 0.6 is 0 Å². The third kappa shape index (κ3) is 3.78. The Kier molecular flexibility index (Phi) is 4.91. The summed E-state index contributed by atoms with van der Waals surface area (Å²) in [6, 6.07) is 18.0. The van der Waals surface area contributed by atoms with E-state index in [1.165, 1.54) is 11.2 Å². The lowest BCUT2D eigenvalue weighted by Gasteiger charge is -2.22. The monoisotopic (exact) mass is 388 g/mol. The molecule has 29 heavy (non-hydrogen) atoms. The number of nitrogens with one attached hydrogen (secondary N) is 1. The van der Waals surface area contributed by atoms with E-state index in [0.29, 0.717) is 22.5 Å². The number of pyridine rings is 1. The highest BCUT2D eigenvalue weighted by Gasteiger charge is 2.22. The smallest absolute Gasteiger partial charge is 0.294 e.